The van der Waals surface area contributed by atoms with Crippen LogP contribution in [0.2, 0.25) is 18.1 Å². The Morgan fingerprint density at radius 1 is 1.24 bits per heavy atom. The Morgan fingerprint density at radius 2 is 1.82 bits per heavy atom. The molecule has 1 rings (SSSR count). The first-order valence-corrected chi connectivity index (χ1v) is 9.54. The van der Waals surface area contributed by atoms with E-state index >= 15 is 0 Å². The van der Waals surface area contributed by atoms with Gasteiger partial charge >= 0.3 is 0 Å². The van der Waals surface area contributed by atoms with Crippen molar-refractivity contribution in [2.45, 2.75) is 71.2 Å². The molecule has 0 heterocycles. The SMILES string of the molecule is CCC1=CC(=O)CCC1O[Si](CC)(CC)CC. The summed E-state index contributed by atoms with van der Waals surface area (Å²) in [6.45, 7) is 8.88. The van der Waals surface area contributed by atoms with Crippen LogP contribution in [-0.4, -0.2) is 20.2 Å². The Bertz CT molecular complexity index is 284. The highest BCUT2D eigenvalue weighted by atomic mass is 28.4. The average Bonchev–Trinajstić information content (AvgIpc) is 2.37. The zero-order valence-electron chi connectivity index (χ0n) is 11.7. The lowest BCUT2D eigenvalue weighted by atomic mass is 9.94. The summed E-state index contributed by atoms with van der Waals surface area (Å²) in [6, 6.07) is 3.55. The van der Waals surface area contributed by atoms with Crippen LogP contribution in [0.4, 0.5) is 0 Å². The van der Waals surface area contributed by atoms with Gasteiger partial charge in [0, 0.05) is 6.42 Å². The van der Waals surface area contributed by atoms with Crippen LogP contribution < -0.4 is 0 Å². The molecule has 0 aliphatic heterocycles. The van der Waals surface area contributed by atoms with E-state index in [1.807, 2.05) is 6.08 Å². The minimum absolute atomic E-state index is 0.226. The summed E-state index contributed by atoms with van der Waals surface area (Å²) in [6.07, 6.45) is 4.55. The first kappa shape index (κ1) is 14.6. The lowest BCUT2D eigenvalue weighted by molar-refractivity contribution is -0.115. The predicted octanol–water partition coefficient (Wildman–Crippen LogP) is 4.08. The molecule has 0 fully saturated rings. The van der Waals surface area contributed by atoms with Crippen molar-refractivity contribution in [2.75, 3.05) is 0 Å². The van der Waals surface area contributed by atoms with Crippen LogP contribution in [0.25, 0.3) is 0 Å². The summed E-state index contributed by atoms with van der Waals surface area (Å²) < 4.78 is 6.50. The molecule has 1 aliphatic carbocycles. The largest absolute Gasteiger partial charge is 0.410 e. The van der Waals surface area contributed by atoms with Gasteiger partial charge < -0.3 is 4.43 Å². The zero-order valence-corrected chi connectivity index (χ0v) is 12.7. The van der Waals surface area contributed by atoms with Crippen molar-refractivity contribution in [3.05, 3.63) is 11.6 Å². The van der Waals surface area contributed by atoms with Crippen LogP contribution in [-0.2, 0) is 9.22 Å². The average molecular weight is 254 g/mol. The monoisotopic (exact) mass is 254 g/mol. The number of allylic oxidation sites excluding steroid dienone is 1. The molecule has 0 radical (unpaired) electrons. The summed E-state index contributed by atoms with van der Waals surface area (Å²) >= 11 is 0. The molecule has 1 atom stereocenters. The summed E-state index contributed by atoms with van der Waals surface area (Å²) in [5, 5.41) is 0. The molecule has 0 aromatic heterocycles. The first-order valence-electron chi connectivity index (χ1n) is 7.01. The van der Waals surface area contributed by atoms with Crippen LogP contribution in [0.15, 0.2) is 11.6 Å². The maximum Gasteiger partial charge on any atom is 0.192 e. The molecule has 3 heteroatoms. The molecule has 0 spiro atoms. The summed E-state index contributed by atoms with van der Waals surface area (Å²) in [4.78, 5) is 11.4. The van der Waals surface area contributed by atoms with Gasteiger partial charge in [0.25, 0.3) is 0 Å². The number of rotatable bonds is 6. The molecule has 1 unspecified atom stereocenters. The van der Waals surface area contributed by atoms with E-state index in [0.717, 1.165) is 12.8 Å². The van der Waals surface area contributed by atoms with Crippen molar-refractivity contribution >= 4 is 14.1 Å². The Kier molecular flexibility index (Phi) is 5.60. The third-order valence-electron chi connectivity index (χ3n) is 4.15. The van der Waals surface area contributed by atoms with Crippen molar-refractivity contribution < 1.29 is 9.22 Å². The van der Waals surface area contributed by atoms with Crippen LogP contribution >= 0.6 is 0 Å². The number of carbonyl (C=O) groups is 1. The van der Waals surface area contributed by atoms with Gasteiger partial charge in [-0.2, -0.15) is 0 Å². The van der Waals surface area contributed by atoms with Gasteiger partial charge in [0.05, 0.1) is 6.10 Å². The fourth-order valence-electron chi connectivity index (χ4n) is 2.60. The van der Waals surface area contributed by atoms with Gasteiger partial charge in [0.15, 0.2) is 14.1 Å². The maximum absolute atomic E-state index is 11.4. The molecule has 0 aromatic carbocycles. The minimum atomic E-state index is -1.54. The normalized spacial score (nSPS) is 21.5. The predicted molar refractivity (Wildman–Crippen MR) is 74.7 cm³/mol. The molecule has 98 valence electrons. The molecule has 0 saturated heterocycles. The standard InChI is InChI=1S/C14H26O2Si/c1-5-12-11-13(15)9-10-14(12)16-17(6-2,7-3)8-4/h11,14H,5-10H2,1-4H3. The highest BCUT2D eigenvalue weighted by Gasteiger charge is 2.34. The van der Waals surface area contributed by atoms with Gasteiger partial charge in [0.2, 0.25) is 0 Å². The van der Waals surface area contributed by atoms with E-state index in [1.165, 1.54) is 23.7 Å². The topological polar surface area (TPSA) is 26.3 Å². The third kappa shape index (κ3) is 3.52. The van der Waals surface area contributed by atoms with Gasteiger partial charge in [0.1, 0.15) is 0 Å². The lowest BCUT2D eigenvalue weighted by Crippen LogP contribution is -2.41. The maximum atomic E-state index is 11.4. The molecule has 1 aliphatic rings. The van der Waals surface area contributed by atoms with Crippen LogP contribution in [0, 0.1) is 0 Å². The number of hydrogen-bond donors (Lipinski definition) is 0. The van der Waals surface area contributed by atoms with Gasteiger partial charge in [-0.15, -0.1) is 0 Å². The second kappa shape index (κ2) is 6.50. The highest BCUT2D eigenvalue weighted by molar-refractivity contribution is 6.73. The van der Waals surface area contributed by atoms with Gasteiger partial charge in [-0.1, -0.05) is 27.7 Å². The minimum Gasteiger partial charge on any atom is -0.410 e. The number of ketones is 1. The molecule has 17 heavy (non-hydrogen) atoms. The molecule has 0 aromatic rings. The van der Waals surface area contributed by atoms with E-state index in [2.05, 4.69) is 27.7 Å². The van der Waals surface area contributed by atoms with Crippen molar-refractivity contribution in [3.63, 3.8) is 0 Å². The van der Waals surface area contributed by atoms with Crippen LogP contribution in [0.3, 0.4) is 0 Å². The Balaban J connectivity index is 2.79. The molecular weight excluding hydrogens is 228 g/mol. The Labute approximate surface area is 107 Å². The summed E-state index contributed by atoms with van der Waals surface area (Å²) in [7, 11) is -1.54. The number of hydrogen-bond acceptors (Lipinski definition) is 2. The van der Waals surface area contributed by atoms with E-state index in [9.17, 15) is 4.79 Å². The Hall–Kier alpha value is -0.413. The highest BCUT2D eigenvalue weighted by Crippen LogP contribution is 2.30. The van der Waals surface area contributed by atoms with Crippen LogP contribution in [0.1, 0.15) is 47.0 Å². The molecule has 0 amide bonds. The lowest BCUT2D eigenvalue weighted by Gasteiger charge is -2.35. The van der Waals surface area contributed by atoms with E-state index < -0.39 is 8.32 Å². The van der Waals surface area contributed by atoms with Crippen molar-refractivity contribution in [2.24, 2.45) is 0 Å². The van der Waals surface area contributed by atoms with Gasteiger partial charge in [-0.05, 0) is 42.6 Å². The molecule has 0 saturated carbocycles. The first-order chi connectivity index (χ1) is 8.10. The van der Waals surface area contributed by atoms with Gasteiger partial charge in [-0.3, -0.25) is 4.79 Å². The van der Waals surface area contributed by atoms with E-state index in [1.54, 1.807) is 0 Å². The quantitative estimate of drug-likeness (QED) is 0.668. The fourth-order valence-corrected chi connectivity index (χ4v) is 5.47. The zero-order chi connectivity index (χ0) is 12.9. The van der Waals surface area contributed by atoms with E-state index in [-0.39, 0.29) is 11.9 Å². The van der Waals surface area contributed by atoms with Crippen molar-refractivity contribution in [3.8, 4) is 0 Å². The second-order valence-corrected chi connectivity index (χ2v) is 9.65. The fraction of sp³-hybridized carbons (Fsp3) is 0.786. The van der Waals surface area contributed by atoms with Crippen molar-refractivity contribution in [1.82, 2.24) is 0 Å². The number of carbonyl (C=O) groups excluding carboxylic acids is 1. The molecule has 0 bridgehead atoms. The van der Waals surface area contributed by atoms with Crippen LogP contribution in [0.5, 0.6) is 0 Å². The Morgan fingerprint density at radius 3 is 2.29 bits per heavy atom. The van der Waals surface area contributed by atoms with E-state index in [0.29, 0.717) is 6.42 Å². The molecule has 0 N–H and O–H groups in total. The summed E-state index contributed by atoms with van der Waals surface area (Å²) in [5.41, 5.74) is 1.22. The van der Waals surface area contributed by atoms with Gasteiger partial charge in [-0.25, -0.2) is 0 Å². The molecular formula is C14H26O2Si. The third-order valence-corrected chi connectivity index (χ3v) is 8.80. The summed E-state index contributed by atoms with van der Waals surface area (Å²) in [5.74, 6) is 0.276. The second-order valence-electron chi connectivity index (χ2n) is 4.93. The smallest absolute Gasteiger partial charge is 0.192 e. The molecule has 2 nitrogen and oxygen atoms in total. The van der Waals surface area contributed by atoms with Crippen molar-refractivity contribution in [1.29, 1.82) is 0 Å². The van der Waals surface area contributed by atoms with E-state index in [4.69, 9.17) is 4.43 Å².